The van der Waals surface area contributed by atoms with Crippen LogP contribution in [0.2, 0.25) is 0 Å². The monoisotopic (exact) mass is 382 g/mol. The SMILES string of the molecule is CN(Cc1ccccc1C(F)(F)F)C(=O)CCCN(C)c1ccc(F)cc1. The Kier molecular flexibility index (Phi) is 6.82. The van der Waals surface area contributed by atoms with Gasteiger partial charge in [0.2, 0.25) is 5.91 Å². The number of carbonyl (C=O) groups is 1. The largest absolute Gasteiger partial charge is 0.416 e. The molecule has 7 heteroatoms. The zero-order valence-corrected chi connectivity index (χ0v) is 15.3. The van der Waals surface area contributed by atoms with E-state index >= 15 is 0 Å². The Morgan fingerprint density at radius 1 is 1.00 bits per heavy atom. The van der Waals surface area contributed by atoms with Crippen LogP contribution in [0, 0.1) is 5.82 Å². The topological polar surface area (TPSA) is 23.6 Å². The number of hydrogen-bond acceptors (Lipinski definition) is 2. The molecule has 0 unspecified atom stereocenters. The van der Waals surface area contributed by atoms with Crippen molar-refractivity contribution in [3.63, 3.8) is 0 Å². The molecule has 0 aliphatic rings. The Balaban J connectivity index is 1.87. The van der Waals surface area contributed by atoms with Crippen molar-refractivity contribution >= 4 is 11.6 Å². The van der Waals surface area contributed by atoms with Crippen molar-refractivity contribution < 1.29 is 22.4 Å². The molecule has 0 aliphatic carbocycles. The van der Waals surface area contributed by atoms with E-state index in [4.69, 9.17) is 0 Å². The van der Waals surface area contributed by atoms with E-state index in [1.54, 1.807) is 12.1 Å². The molecule has 146 valence electrons. The number of halogens is 4. The second kappa shape index (κ2) is 8.88. The Bertz CT molecular complexity index is 759. The molecule has 0 saturated heterocycles. The zero-order chi connectivity index (χ0) is 20.0. The molecule has 0 aliphatic heterocycles. The summed E-state index contributed by atoms with van der Waals surface area (Å²) in [6.07, 6.45) is -3.69. The molecule has 0 fully saturated rings. The molecule has 0 radical (unpaired) electrons. The average molecular weight is 382 g/mol. The third-order valence-corrected chi connectivity index (χ3v) is 4.31. The van der Waals surface area contributed by atoms with Gasteiger partial charge in [0, 0.05) is 39.3 Å². The number of carbonyl (C=O) groups excluding carboxylic acids is 1. The van der Waals surface area contributed by atoms with Crippen molar-refractivity contribution in [3.8, 4) is 0 Å². The fraction of sp³-hybridized carbons (Fsp3) is 0.350. The van der Waals surface area contributed by atoms with Crippen LogP contribution >= 0.6 is 0 Å². The van der Waals surface area contributed by atoms with Crippen LogP contribution in [0.4, 0.5) is 23.2 Å². The van der Waals surface area contributed by atoms with Crippen molar-refractivity contribution in [1.82, 2.24) is 4.90 Å². The molecule has 2 rings (SSSR count). The van der Waals surface area contributed by atoms with Crippen molar-refractivity contribution in [2.45, 2.75) is 25.6 Å². The highest BCUT2D eigenvalue weighted by molar-refractivity contribution is 5.76. The van der Waals surface area contributed by atoms with E-state index in [9.17, 15) is 22.4 Å². The van der Waals surface area contributed by atoms with Gasteiger partial charge in [0.15, 0.2) is 0 Å². The first-order valence-electron chi connectivity index (χ1n) is 8.54. The normalized spacial score (nSPS) is 11.3. The standard InChI is InChI=1S/C20H22F4N2O/c1-25(17-11-9-16(21)10-12-17)13-5-8-19(27)26(2)14-15-6-3-4-7-18(15)20(22,23)24/h3-4,6-7,9-12H,5,8,13-14H2,1-2H3. The maximum Gasteiger partial charge on any atom is 0.416 e. The van der Waals surface area contributed by atoms with E-state index in [1.165, 1.54) is 42.3 Å². The fourth-order valence-corrected chi connectivity index (χ4v) is 2.76. The van der Waals surface area contributed by atoms with E-state index in [0.29, 0.717) is 13.0 Å². The van der Waals surface area contributed by atoms with Crippen LogP contribution in [0.25, 0.3) is 0 Å². The lowest BCUT2D eigenvalue weighted by atomic mass is 10.1. The molecule has 0 heterocycles. The number of benzene rings is 2. The summed E-state index contributed by atoms with van der Waals surface area (Å²) in [5, 5.41) is 0. The van der Waals surface area contributed by atoms with E-state index in [1.807, 2.05) is 11.9 Å². The Morgan fingerprint density at radius 2 is 1.63 bits per heavy atom. The smallest absolute Gasteiger partial charge is 0.375 e. The predicted molar refractivity (Wildman–Crippen MR) is 96.8 cm³/mol. The highest BCUT2D eigenvalue weighted by Crippen LogP contribution is 2.32. The van der Waals surface area contributed by atoms with Gasteiger partial charge >= 0.3 is 6.18 Å². The lowest BCUT2D eigenvalue weighted by Crippen LogP contribution is -2.28. The summed E-state index contributed by atoms with van der Waals surface area (Å²) in [4.78, 5) is 15.5. The molecule has 0 N–H and O–H groups in total. The molecular weight excluding hydrogens is 360 g/mol. The third kappa shape index (κ3) is 5.98. The minimum Gasteiger partial charge on any atom is -0.375 e. The van der Waals surface area contributed by atoms with Gasteiger partial charge in [-0.3, -0.25) is 4.79 Å². The summed E-state index contributed by atoms with van der Waals surface area (Å²) >= 11 is 0. The van der Waals surface area contributed by atoms with Crippen LogP contribution in [0.3, 0.4) is 0 Å². The maximum atomic E-state index is 13.0. The summed E-state index contributed by atoms with van der Waals surface area (Å²) < 4.78 is 52.1. The molecule has 27 heavy (non-hydrogen) atoms. The minimum absolute atomic E-state index is 0.0734. The number of nitrogens with zero attached hydrogens (tertiary/aromatic N) is 2. The quantitative estimate of drug-likeness (QED) is 0.647. The number of rotatable bonds is 7. The van der Waals surface area contributed by atoms with Gasteiger partial charge in [0.05, 0.1) is 5.56 Å². The molecular formula is C20H22F4N2O. The van der Waals surface area contributed by atoms with Gasteiger partial charge in [0.25, 0.3) is 0 Å². The van der Waals surface area contributed by atoms with Gasteiger partial charge in [-0.05, 0) is 42.3 Å². The molecule has 2 aromatic carbocycles. The van der Waals surface area contributed by atoms with Crippen LogP contribution < -0.4 is 4.90 Å². The summed E-state index contributed by atoms with van der Waals surface area (Å²) in [5.41, 5.74) is 0.182. The fourth-order valence-electron chi connectivity index (χ4n) is 2.76. The van der Waals surface area contributed by atoms with Gasteiger partial charge in [-0.2, -0.15) is 13.2 Å². The number of anilines is 1. The summed E-state index contributed by atoms with van der Waals surface area (Å²) in [6, 6.07) is 11.3. The first kappa shape index (κ1) is 20.7. The lowest BCUT2D eigenvalue weighted by molar-refractivity contribution is -0.139. The first-order valence-corrected chi connectivity index (χ1v) is 8.54. The molecule has 1 amide bonds. The van der Waals surface area contributed by atoms with Crippen LogP contribution in [-0.4, -0.2) is 31.4 Å². The second-order valence-electron chi connectivity index (χ2n) is 6.41. The molecule has 0 atom stereocenters. The van der Waals surface area contributed by atoms with Crippen molar-refractivity contribution in [1.29, 1.82) is 0 Å². The van der Waals surface area contributed by atoms with Crippen molar-refractivity contribution in [2.24, 2.45) is 0 Å². The van der Waals surface area contributed by atoms with E-state index in [-0.39, 0.29) is 30.3 Å². The second-order valence-corrected chi connectivity index (χ2v) is 6.41. The van der Waals surface area contributed by atoms with E-state index < -0.39 is 11.7 Å². The zero-order valence-electron chi connectivity index (χ0n) is 15.3. The van der Waals surface area contributed by atoms with E-state index in [0.717, 1.165) is 11.8 Å². The number of hydrogen-bond donors (Lipinski definition) is 0. The minimum atomic E-state index is -4.45. The summed E-state index contributed by atoms with van der Waals surface area (Å²) in [6.45, 7) is 0.479. The Hall–Kier alpha value is -2.57. The highest BCUT2D eigenvalue weighted by atomic mass is 19.4. The van der Waals surface area contributed by atoms with Crippen molar-refractivity contribution in [3.05, 3.63) is 65.5 Å². The summed E-state index contributed by atoms with van der Waals surface area (Å²) in [7, 11) is 3.33. The number of alkyl halides is 3. The number of amides is 1. The van der Waals surface area contributed by atoms with Gasteiger partial charge in [-0.1, -0.05) is 18.2 Å². The van der Waals surface area contributed by atoms with Gasteiger partial charge in [0.1, 0.15) is 5.82 Å². The van der Waals surface area contributed by atoms with Crippen LogP contribution in [0.5, 0.6) is 0 Å². The van der Waals surface area contributed by atoms with Crippen LogP contribution in [0.15, 0.2) is 48.5 Å². The van der Waals surface area contributed by atoms with Gasteiger partial charge in [-0.25, -0.2) is 4.39 Å². The first-order chi connectivity index (χ1) is 12.7. The van der Waals surface area contributed by atoms with Crippen molar-refractivity contribution in [2.75, 3.05) is 25.5 Å². The average Bonchev–Trinajstić information content (AvgIpc) is 2.61. The van der Waals surface area contributed by atoms with Gasteiger partial charge < -0.3 is 9.80 Å². The van der Waals surface area contributed by atoms with Crippen LogP contribution in [-0.2, 0) is 17.5 Å². The van der Waals surface area contributed by atoms with Gasteiger partial charge in [-0.15, -0.1) is 0 Å². The lowest BCUT2D eigenvalue weighted by Gasteiger charge is -2.22. The molecule has 0 bridgehead atoms. The maximum absolute atomic E-state index is 13.0. The molecule has 0 spiro atoms. The Morgan fingerprint density at radius 3 is 2.26 bits per heavy atom. The molecule has 3 nitrogen and oxygen atoms in total. The van der Waals surface area contributed by atoms with E-state index in [2.05, 4.69) is 0 Å². The summed E-state index contributed by atoms with van der Waals surface area (Å²) in [5.74, 6) is -0.539. The molecule has 0 saturated carbocycles. The molecule has 0 aromatic heterocycles. The highest BCUT2D eigenvalue weighted by Gasteiger charge is 2.33. The third-order valence-electron chi connectivity index (χ3n) is 4.31. The predicted octanol–water partition coefficient (Wildman–Crippen LogP) is 4.72. The van der Waals surface area contributed by atoms with Crippen LogP contribution in [0.1, 0.15) is 24.0 Å². The molecule has 2 aromatic rings. The Labute approximate surface area is 156 Å².